The molecular weight excluding hydrogens is 577 g/mol. The first kappa shape index (κ1) is 18.1. The molecule has 0 bridgehead atoms. The standard InChI is InChI=1S/C8H6I3NO2.C2H5NO/c1-2-4(9)3(8(13)14)6(11)7(12)5(2)10;1-2(3)4/h12H2,1H3,(H,13,14);1H3,(H2,3,4). The van der Waals surface area contributed by atoms with Gasteiger partial charge in [-0.15, -0.1) is 0 Å². The van der Waals surface area contributed by atoms with E-state index in [0.29, 0.717) is 14.8 Å². The van der Waals surface area contributed by atoms with Gasteiger partial charge in [0.2, 0.25) is 5.91 Å². The lowest BCUT2D eigenvalue weighted by atomic mass is 10.1. The quantitative estimate of drug-likeness (QED) is 0.347. The van der Waals surface area contributed by atoms with Crippen molar-refractivity contribution in [1.29, 1.82) is 0 Å². The minimum absolute atomic E-state index is 0.307. The lowest BCUT2D eigenvalue weighted by Gasteiger charge is -2.11. The van der Waals surface area contributed by atoms with Gasteiger partial charge in [-0.05, 0) is 80.3 Å². The lowest BCUT2D eigenvalue weighted by molar-refractivity contribution is -0.115. The minimum atomic E-state index is -0.926. The van der Waals surface area contributed by atoms with Crippen molar-refractivity contribution < 1.29 is 14.7 Å². The van der Waals surface area contributed by atoms with Gasteiger partial charge in [0, 0.05) is 14.1 Å². The number of aromatic carboxylic acids is 1. The van der Waals surface area contributed by atoms with Crippen LogP contribution in [-0.4, -0.2) is 17.0 Å². The molecule has 0 aromatic heterocycles. The van der Waals surface area contributed by atoms with Gasteiger partial charge < -0.3 is 16.6 Å². The summed E-state index contributed by atoms with van der Waals surface area (Å²) in [5, 5.41) is 9.02. The van der Waals surface area contributed by atoms with Gasteiger partial charge in [0.05, 0.1) is 14.8 Å². The maximum atomic E-state index is 11.0. The number of nitrogen functional groups attached to an aromatic ring is 1. The van der Waals surface area contributed by atoms with Crippen LogP contribution in [0.4, 0.5) is 5.69 Å². The van der Waals surface area contributed by atoms with Crippen LogP contribution in [-0.2, 0) is 4.79 Å². The molecule has 0 saturated carbocycles. The number of hydrogen-bond acceptors (Lipinski definition) is 3. The Morgan fingerprint density at radius 1 is 1.11 bits per heavy atom. The number of carbonyl (C=O) groups is 2. The van der Waals surface area contributed by atoms with Gasteiger partial charge in [-0.2, -0.15) is 0 Å². The molecule has 0 atom stereocenters. The summed E-state index contributed by atoms with van der Waals surface area (Å²) in [6.45, 7) is 3.18. The summed E-state index contributed by atoms with van der Waals surface area (Å²) in [4.78, 5) is 20.2. The first-order valence-corrected chi connectivity index (χ1v) is 7.76. The van der Waals surface area contributed by atoms with E-state index in [9.17, 15) is 9.59 Å². The first-order chi connectivity index (χ1) is 8.11. The number of anilines is 1. The van der Waals surface area contributed by atoms with Crippen LogP contribution < -0.4 is 11.5 Å². The van der Waals surface area contributed by atoms with Crippen LogP contribution in [0.2, 0.25) is 0 Å². The molecule has 1 aromatic carbocycles. The van der Waals surface area contributed by atoms with Gasteiger partial charge in [-0.1, -0.05) is 0 Å². The fourth-order valence-corrected chi connectivity index (χ4v) is 4.63. The number of primary amides is 1. The predicted octanol–water partition coefficient (Wildman–Crippen LogP) is 2.58. The third-order valence-corrected chi connectivity index (χ3v) is 5.64. The number of nitrogens with two attached hydrogens (primary N) is 2. The van der Waals surface area contributed by atoms with E-state index in [0.717, 1.165) is 12.7 Å². The third kappa shape index (κ3) is 4.68. The molecule has 5 nitrogen and oxygen atoms in total. The predicted molar refractivity (Wildman–Crippen MR) is 95.6 cm³/mol. The van der Waals surface area contributed by atoms with Crippen LogP contribution in [0, 0.1) is 17.6 Å². The Hall–Kier alpha value is 0.150. The zero-order valence-corrected chi connectivity index (χ0v) is 16.0. The Morgan fingerprint density at radius 3 is 1.83 bits per heavy atom. The molecule has 100 valence electrons. The smallest absolute Gasteiger partial charge is 0.337 e. The summed E-state index contributed by atoms with van der Waals surface area (Å²) in [5.41, 5.74) is 12.1. The molecule has 0 spiro atoms. The lowest BCUT2D eigenvalue weighted by Crippen LogP contribution is -2.10. The van der Waals surface area contributed by atoms with Crippen molar-refractivity contribution in [3.05, 3.63) is 21.8 Å². The average Bonchev–Trinajstić information content (AvgIpc) is 2.22. The van der Waals surface area contributed by atoms with E-state index in [-0.39, 0.29) is 5.91 Å². The van der Waals surface area contributed by atoms with Crippen molar-refractivity contribution >= 4 is 85.3 Å². The largest absolute Gasteiger partial charge is 0.478 e. The van der Waals surface area contributed by atoms with Crippen LogP contribution in [0.5, 0.6) is 0 Å². The van der Waals surface area contributed by atoms with E-state index in [1.807, 2.05) is 52.1 Å². The highest BCUT2D eigenvalue weighted by molar-refractivity contribution is 14.1. The Bertz CT molecular complexity index is 471. The van der Waals surface area contributed by atoms with Crippen LogP contribution >= 0.6 is 67.8 Å². The number of rotatable bonds is 1. The average molecular weight is 588 g/mol. The first-order valence-electron chi connectivity index (χ1n) is 4.53. The molecule has 0 aliphatic rings. The molecule has 0 saturated heterocycles. The zero-order valence-electron chi connectivity index (χ0n) is 9.55. The van der Waals surface area contributed by atoms with Crippen LogP contribution in [0.1, 0.15) is 22.8 Å². The second kappa shape index (κ2) is 7.67. The van der Waals surface area contributed by atoms with Gasteiger partial charge >= 0.3 is 5.97 Å². The summed E-state index contributed by atoms with van der Waals surface area (Å²) < 4.78 is 2.31. The van der Waals surface area contributed by atoms with Crippen LogP contribution in [0.25, 0.3) is 0 Å². The van der Waals surface area contributed by atoms with Gasteiger partial charge in [-0.25, -0.2) is 4.79 Å². The number of halogens is 3. The zero-order chi connectivity index (χ0) is 14.6. The molecule has 1 rings (SSSR count). The number of benzene rings is 1. The van der Waals surface area contributed by atoms with Crippen molar-refractivity contribution in [2.24, 2.45) is 5.73 Å². The molecule has 0 heterocycles. The van der Waals surface area contributed by atoms with E-state index in [1.165, 1.54) is 6.92 Å². The number of hydrogen-bond donors (Lipinski definition) is 3. The molecule has 18 heavy (non-hydrogen) atoms. The number of amides is 1. The highest BCUT2D eigenvalue weighted by Gasteiger charge is 2.20. The highest BCUT2D eigenvalue weighted by Crippen LogP contribution is 2.32. The van der Waals surface area contributed by atoms with E-state index in [1.54, 1.807) is 0 Å². The van der Waals surface area contributed by atoms with E-state index >= 15 is 0 Å². The maximum absolute atomic E-state index is 11.0. The summed E-state index contributed by atoms with van der Waals surface area (Å²) in [6, 6.07) is 0. The third-order valence-electron chi connectivity index (χ3n) is 1.78. The number of carbonyl (C=O) groups excluding carboxylic acids is 1. The molecule has 0 aliphatic carbocycles. The number of carboxylic acid groups (broad SMARTS) is 1. The molecule has 0 aliphatic heterocycles. The molecule has 0 radical (unpaired) electrons. The Balaban J connectivity index is 0.000000631. The fraction of sp³-hybridized carbons (Fsp3) is 0.200. The fourth-order valence-electron chi connectivity index (χ4n) is 1.00. The summed E-state index contributed by atoms with van der Waals surface area (Å²) >= 11 is 6.15. The Kier molecular flexibility index (Phi) is 7.73. The Morgan fingerprint density at radius 2 is 1.50 bits per heavy atom. The van der Waals surface area contributed by atoms with Gasteiger partial charge in [0.25, 0.3) is 0 Å². The molecule has 8 heteroatoms. The van der Waals surface area contributed by atoms with Crippen molar-refractivity contribution in [2.75, 3.05) is 5.73 Å². The van der Waals surface area contributed by atoms with E-state index in [4.69, 9.17) is 10.8 Å². The molecule has 1 aromatic rings. The van der Waals surface area contributed by atoms with E-state index < -0.39 is 5.97 Å². The summed E-state index contributed by atoms with van der Waals surface area (Å²) in [6.07, 6.45) is 0. The van der Waals surface area contributed by atoms with Gasteiger partial charge in [0.15, 0.2) is 0 Å². The molecule has 5 N–H and O–H groups in total. The minimum Gasteiger partial charge on any atom is -0.478 e. The van der Waals surface area contributed by atoms with Crippen molar-refractivity contribution in [3.8, 4) is 0 Å². The molecule has 0 unspecified atom stereocenters. The highest BCUT2D eigenvalue weighted by atomic mass is 127. The van der Waals surface area contributed by atoms with Crippen molar-refractivity contribution in [1.82, 2.24) is 0 Å². The second-order valence-corrected chi connectivity index (χ2v) is 6.51. The van der Waals surface area contributed by atoms with Gasteiger partial charge in [0.1, 0.15) is 0 Å². The molecule has 1 amide bonds. The van der Waals surface area contributed by atoms with Crippen molar-refractivity contribution in [3.63, 3.8) is 0 Å². The van der Waals surface area contributed by atoms with Crippen molar-refractivity contribution in [2.45, 2.75) is 13.8 Å². The van der Waals surface area contributed by atoms with Crippen LogP contribution in [0.15, 0.2) is 0 Å². The normalized spacial score (nSPS) is 9.39. The number of carboxylic acids is 1. The molecule has 0 fully saturated rings. The van der Waals surface area contributed by atoms with Gasteiger partial charge in [-0.3, -0.25) is 4.79 Å². The topological polar surface area (TPSA) is 106 Å². The summed E-state index contributed by atoms with van der Waals surface area (Å²) in [5.74, 6) is -1.26. The monoisotopic (exact) mass is 588 g/mol. The second-order valence-electron chi connectivity index (χ2n) is 3.27. The van der Waals surface area contributed by atoms with Crippen LogP contribution in [0.3, 0.4) is 0 Å². The SMILES string of the molecule is CC(N)=O.Cc1c(I)c(N)c(I)c(C(=O)O)c1I. The summed E-state index contributed by atoms with van der Waals surface area (Å²) in [7, 11) is 0. The Labute approximate surface area is 145 Å². The maximum Gasteiger partial charge on any atom is 0.337 e. The van der Waals surface area contributed by atoms with E-state index in [2.05, 4.69) is 28.3 Å². The molecular formula is C10H11I3N2O3.